The van der Waals surface area contributed by atoms with Gasteiger partial charge in [0.2, 0.25) is 0 Å². The molecular formula is C11H11BrN2O2S2. The lowest BCUT2D eigenvalue weighted by Crippen LogP contribution is -2.33. The number of rotatable bonds is 3. The van der Waals surface area contributed by atoms with Crippen LogP contribution in [0.1, 0.15) is 19.8 Å². The molecule has 0 radical (unpaired) electrons. The SMILES string of the molecule is CC1(NS(=O)(=O)c2cc3c(Br)cncc3s2)CC1. The maximum absolute atomic E-state index is 12.2. The Morgan fingerprint density at radius 3 is 2.78 bits per heavy atom. The van der Waals surface area contributed by atoms with E-state index in [0.29, 0.717) is 4.21 Å². The fourth-order valence-electron chi connectivity index (χ4n) is 1.70. The van der Waals surface area contributed by atoms with Crippen molar-refractivity contribution in [2.24, 2.45) is 0 Å². The van der Waals surface area contributed by atoms with Crippen molar-refractivity contribution < 1.29 is 8.42 Å². The first-order chi connectivity index (χ1) is 8.40. The predicted octanol–water partition coefficient (Wildman–Crippen LogP) is 2.89. The van der Waals surface area contributed by atoms with Gasteiger partial charge in [-0.05, 0) is 41.8 Å². The first-order valence-electron chi connectivity index (χ1n) is 5.47. The van der Waals surface area contributed by atoms with Crippen molar-refractivity contribution in [3.8, 4) is 0 Å². The third-order valence-corrected chi connectivity index (χ3v) is 6.83. The van der Waals surface area contributed by atoms with Crippen LogP contribution in [0.4, 0.5) is 0 Å². The molecule has 0 spiro atoms. The minimum atomic E-state index is -3.41. The highest BCUT2D eigenvalue weighted by atomic mass is 79.9. The van der Waals surface area contributed by atoms with Crippen molar-refractivity contribution in [3.63, 3.8) is 0 Å². The molecule has 0 unspecified atom stereocenters. The van der Waals surface area contributed by atoms with Gasteiger partial charge in [0.25, 0.3) is 10.0 Å². The minimum absolute atomic E-state index is 0.246. The number of aromatic nitrogens is 1. The Morgan fingerprint density at radius 1 is 1.44 bits per heavy atom. The summed E-state index contributed by atoms with van der Waals surface area (Å²) < 4.78 is 29.2. The molecule has 1 aliphatic carbocycles. The van der Waals surface area contributed by atoms with E-state index in [2.05, 4.69) is 25.6 Å². The third-order valence-electron chi connectivity index (χ3n) is 3.02. The van der Waals surface area contributed by atoms with Crippen molar-refractivity contribution in [3.05, 3.63) is 22.9 Å². The monoisotopic (exact) mass is 346 g/mol. The van der Waals surface area contributed by atoms with Gasteiger partial charge in [0.05, 0.1) is 4.70 Å². The van der Waals surface area contributed by atoms with Gasteiger partial charge in [-0.15, -0.1) is 11.3 Å². The average molecular weight is 347 g/mol. The van der Waals surface area contributed by atoms with E-state index >= 15 is 0 Å². The lowest BCUT2D eigenvalue weighted by molar-refractivity contribution is 0.560. The molecule has 0 atom stereocenters. The van der Waals surface area contributed by atoms with Crippen LogP contribution in [0.25, 0.3) is 10.1 Å². The summed E-state index contributed by atoms with van der Waals surface area (Å²) in [7, 11) is -3.41. The van der Waals surface area contributed by atoms with Gasteiger partial charge < -0.3 is 0 Å². The van der Waals surface area contributed by atoms with Crippen LogP contribution in [0.5, 0.6) is 0 Å². The Hall–Kier alpha value is -0.500. The number of sulfonamides is 1. The Bertz CT molecular complexity index is 720. The largest absolute Gasteiger partial charge is 0.262 e. The number of pyridine rings is 1. The third kappa shape index (κ3) is 2.20. The van der Waals surface area contributed by atoms with Gasteiger partial charge in [0.15, 0.2) is 0 Å². The number of nitrogens with one attached hydrogen (secondary N) is 1. The van der Waals surface area contributed by atoms with E-state index in [1.54, 1.807) is 18.5 Å². The zero-order chi connectivity index (χ0) is 13.0. The van der Waals surface area contributed by atoms with Crippen LogP contribution >= 0.6 is 27.3 Å². The van der Waals surface area contributed by atoms with Gasteiger partial charge in [-0.25, -0.2) is 13.1 Å². The quantitative estimate of drug-likeness (QED) is 0.929. The van der Waals surface area contributed by atoms with Crippen LogP contribution in [-0.2, 0) is 10.0 Å². The first kappa shape index (κ1) is 12.5. The predicted molar refractivity (Wildman–Crippen MR) is 75.3 cm³/mol. The summed E-state index contributed by atoms with van der Waals surface area (Å²) in [5.74, 6) is 0. The second-order valence-corrected chi connectivity index (χ2v) is 8.61. The molecule has 1 saturated carbocycles. The Labute approximate surface area is 118 Å². The molecule has 7 heteroatoms. The van der Waals surface area contributed by atoms with Crippen LogP contribution in [0.3, 0.4) is 0 Å². The molecule has 0 aromatic carbocycles. The van der Waals surface area contributed by atoms with E-state index in [9.17, 15) is 8.42 Å². The molecule has 0 bridgehead atoms. The smallest absolute Gasteiger partial charge is 0.250 e. The lowest BCUT2D eigenvalue weighted by Gasteiger charge is -2.09. The fourth-order valence-corrected chi connectivity index (χ4v) is 5.12. The molecule has 18 heavy (non-hydrogen) atoms. The highest BCUT2D eigenvalue weighted by Crippen LogP contribution is 2.38. The molecule has 1 N–H and O–H groups in total. The maximum atomic E-state index is 12.2. The van der Waals surface area contributed by atoms with Crippen LogP contribution in [0.15, 0.2) is 27.1 Å². The molecule has 2 heterocycles. The van der Waals surface area contributed by atoms with Gasteiger partial charge in [-0.1, -0.05) is 0 Å². The van der Waals surface area contributed by atoms with Crippen molar-refractivity contribution in [2.45, 2.75) is 29.5 Å². The minimum Gasteiger partial charge on any atom is -0.262 e. The van der Waals surface area contributed by atoms with Crippen LogP contribution in [-0.4, -0.2) is 18.9 Å². The van der Waals surface area contributed by atoms with Crippen molar-refractivity contribution in [2.75, 3.05) is 0 Å². The maximum Gasteiger partial charge on any atom is 0.250 e. The van der Waals surface area contributed by atoms with E-state index in [1.807, 2.05) is 6.92 Å². The summed E-state index contributed by atoms with van der Waals surface area (Å²) >= 11 is 4.62. The van der Waals surface area contributed by atoms with Crippen LogP contribution in [0.2, 0.25) is 0 Å². The average Bonchev–Trinajstić information content (AvgIpc) is 2.82. The van der Waals surface area contributed by atoms with Gasteiger partial charge in [0.1, 0.15) is 4.21 Å². The topological polar surface area (TPSA) is 59.1 Å². The number of hydrogen-bond acceptors (Lipinski definition) is 4. The lowest BCUT2D eigenvalue weighted by atomic mass is 10.3. The number of hydrogen-bond donors (Lipinski definition) is 1. The number of fused-ring (bicyclic) bond motifs is 1. The zero-order valence-corrected chi connectivity index (χ0v) is 12.8. The zero-order valence-electron chi connectivity index (χ0n) is 9.60. The molecule has 0 aliphatic heterocycles. The van der Waals surface area contributed by atoms with E-state index < -0.39 is 10.0 Å². The van der Waals surface area contributed by atoms with Crippen molar-refractivity contribution >= 4 is 47.4 Å². The first-order valence-corrected chi connectivity index (χ1v) is 8.56. The standard InChI is InChI=1S/C11H11BrN2O2S2/c1-11(2-3-11)14-18(15,16)10-4-7-8(12)5-13-6-9(7)17-10/h4-6,14H,2-3H2,1H3. The molecule has 0 amide bonds. The summed E-state index contributed by atoms with van der Waals surface area (Å²) in [6.45, 7) is 1.93. The number of thiophene rings is 1. The van der Waals surface area contributed by atoms with E-state index in [0.717, 1.165) is 27.4 Å². The van der Waals surface area contributed by atoms with E-state index in [-0.39, 0.29) is 5.54 Å². The fraction of sp³-hybridized carbons (Fsp3) is 0.364. The van der Waals surface area contributed by atoms with E-state index in [4.69, 9.17) is 0 Å². The summed E-state index contributed by atoms with van der Waals surface area (Å²) in [5, 5.41) is 0.885. The summed E-state index contributed by atoms with van der Waals surface area (Å²) in [4.78, 5) is 4.04. The Morgan fingerprint density at radius 2 is 2.17 bits per heavy atom. The second-order valence-electron chi connectivity index (χ2n) is 4.76. The highest BCUT2D eigenvalue weighted by Gasteiger charge is 2.41. The number of nitrogens with zero attached hydrogens (tertiary/aromatic N) is 1. The Kier molecular flexibility index (Phi) is 2.78. The molecule has 2 aromatic rings. The summed E-state index contributed by atoms with van der Waals surface area (Å²) in [5.41, 5.74) is -0.246. The van der Waals surface area contributed by atoms with Gasteiger partial charge in [-0.3, -0.25) is 4.98 Å². The van der Waals surface area contributed by atoms with Crippen molar-refractivity contribution in [1.29, 1.82) is 0 Å². The molecule has 3 rings (SSSR count). The summed E-state index contributed by atoms with van der Waals surface area (Å²) in [6.07, 6.45) is 5.16. The number of halogens is 1. The molecule has 96 valence electrons. The Balaban J connectivity index is 2.06. The normalized spacial score (nSPS) is 18.1. The van der Waals surface area contributed by atoms with Gasteiger partial charge >= 0.3 is 0 Å². The van der Waals surface area contributed by atoms with Crippen LogP contribution in [0, 0.1) is 0 Å². The molecule has 4 nitrogen and oxygen atoms in total. The molecule has 1 aliphatic rings. The molecular weight excluding hydrogens is 336 g/mol. The van der Waals surface area contributed by atoms with Crippen LogP contribution < -0.4 is 4.72 Å². The highest BCUT2D eigenvalue weighted by molar-refractivity contribution is 9.10. The van der Waals surface area contributed by atoms with Gasteiger partial charge in [-0.2, -0.15) is 0 Å². The second kappa shape index (κ2) is 4.00. The molecule has 0 saturated heterocycles. The van der Waals surface area contributed by atoms with Crippen molar-refractivity contribution in [1.82, 2.24) is 9.71 Å². The summed E-state index contributed by atoms with van der Waals surface area (Å²) in [6, 6.07) is 1.69. The van der Waals surface area contributed by atoms with Gasteiger partial charge in [0, 0.05) is 27.8 Å². The van der Waals surface area contributed by atoms with E-state index in [1.165, 1.54) is 11.3 Å². The molecule has 1 fully saturated rings. The molecule has 2 aromatic heterocycles.